The molecule has 0 unspecified atom stereocenters. The van der Waals surface area contributed by atoms with Gasteiger partial charge in [0.2, 0.25) is 0 Å². The lowest BCUT2D eigenvalue weighted by Crippen LogP contribution is -2.15. The number of esters is 2. The molecule has 2 heterocycles. The molecule has 8 nitrogen and oxygen atoms in total. The first-order valence-corrected chi connectivity index (χ1v) is 11.3. The molecule has 2 aromatic heterocycles. The molecule has 0 amide bonds. The van der Waals surface area contributed by atoms with Crippen LogP contribution in [-0.4, -0.2) is 55.0 Å². The van der Waals surface area contributed by atoms with Crippen molar-refractivity contribution in [3.63, 3.8) is 0 Å². The van der Waals surface area contributed by atoms with Gasteiger partial charge in [-0.2, -0.15) is 18.3 Å². The van der Waals surface area contributed by atoms with E-state index in [4.69, 9.17) is 9.47 Å². The highest BCUT2D eigenvalue weighted by molar-refractivity contribution is 6.06. The Morgan fingerprint density at radius 2 is 1.50 bits per heavy atom. The van der Waals surface area contributed by atoms with E-state index in [1.807, 2.05) is 0 Å². The van der Waals surface area contributed by atoms with Crippen molar-refractivity contribution in [2.24, 2.45) is 0 Å². The topological polar surface area (TPSA) is 86.5 Å². The Kier molecular flexibility index (Phi) is 7.20. The summed E-state index contributed by atoms with van der Waals surface area (Å²) in [4.78, 5) is 31.2. The number of carbonyl (C=O) groups excluding carboxylic acids is 2. The molecule has 0 aliphatic rings. The zero-order valence-electron chi connectivity index (χ0n) is 20.9. The summed E-state index contributed by atoms with van der Waals surface area (Å²) >= 11 is 0. The van der Waals surface area contributed by atoms with Gasteiger partial charge in [-0.1, -0.05) is 42.5 Å². The fraction of sp³-hybridized carbons (Fsp3) is 0.185. The summed E-state index contributed by atoms with van der Waals surface area (Å²) in [5, 5.41) is 4.53. The third-order valence-electron chi connectivity index (χ3n) is 5.74. The van der Waals surface area contributed by atoms with Crippen LogP contribution in [0.4, 0.5) is 19.0 Å². The number of nitrogens with zero attached hydrogens (tertiary/aromatic N) is 4. The number of pyridine rings is 1. The number of ether oxygens (including phenoxy) is 2. The van der Waals surface area contributed by atoms with Gasteiger partial charge in [0, 0.05) is 31.4 Å². The number of methoxy groups -OCH3 is 2. The maximum atomic E-state index is 13.4. The van der Waals surface area contributed by atoms with E-state index in [-0.39, 0.29) is 22.5 Å². The van der Waals surface area contributed by atoms with Crippen LogP contribution in [0.5, 0.6) is 0 Å². The number of benzene rings is 2. The summed E-state index contributed by atoms with van der Waals surface area (Å²) < 4.78 is 51.3. The minimum absolute atomic E-state index is 0.106. The van der Waals surface area contributed by atoms with E-state index in [1.165, 1.54) is 18.9 Å². The van der Waals surface area contributed by atoms with Crippen LogP contribution in [0.15, 0.2) is 66.9 Å². The third kappa shape index (κ3) is 4.95. The Morgan fingerprint density at radius 1 is 0.895 bits per heavy atom. The molecule has 0 saturated carbocycles. The number of para-hydroxylation sites is 1. The molecule has 0 spiro atoms. The Morgan fingerprint density at radius 3 is 2.05 bits per heavy atom. The maximum Gasteiger partial charge on any atom is 0.417 e. The van der Waals surface area contributed by atoms with Crippen LogP contribution in [0, 0.1) is 0 Å². The lowest BCUT2D eigenvalue weighted by atomic mass is 9.99. The van der Waals surface area contributed by atoms with Gasteiger partial charge in [0.05, 0.1) is 25.5 Å². The molecule has 11 heteroatoms. The molecule has 0 bridgehead atoms. The Hall–Kier alpha value is -4.67. The SMILES string of the molecule is COC(=O)c1c(-c2ccc(-c3cc(C(F)(F)F)cnc3N(C)C)cc2)nn(-c2ccccc2)c1C(=O)OC. The monoisotopic (exact) mass is 524 g/mol. The van der Waals surface area contributed by atoms with Gasteiger partial charge >= 0.3 is 18.1 Å². The first-order valence-electron chi connectivity index (χ1n) is 11.3. The zero-order chi connectivity index (χ0) is 27.6. The molecule has 4 rings (SSSR count). The Balaban J connectivity index is 1.89. The van der Waals surface area contributed by atoms with Crippen LogP contribution in [0.25, 0.3) is 28.1 Å². The predicted molar refractivity (Wildman–Crippen MR) is 134 cm³/mol. The van der Waals surface area contributed by atoms with Gasteiger partial charge < -0.3 is 14.4 Å². The highest BCUT2D eigenvalue weighted by Crippen LogP contribution is 2.37. The molecule has 0 N–H and O–H groups in total. The molecular weight excluding hydrogens is 501 g/mol. The van der Waals surface area contributed by atoms with E-state index in [9.17, 15) is 22.8 Å². The van der Waals surface area contributed by atoms with Gasteiger partial charge in [0.15, 0.2) is 5.69 Å². The van der Waals surface area contributed by atoms with E-state index in [2.05, 4.69) is 10.1 Å². The van der Waals surface area contributed by atoms with Crippen LogP contribution < -0.4 is 4.90 Å². The summed E-state index contributed by atoms with van der Waals surface area (Å²) in [6.07, 6.45) is -3.77. The van der Waals surface area contributed by atoms with E-state index >= 15 is 0 Å². The average Bonchev–Trinajstić information content (AvgIpc) is 3.32. The summed E-state index contributed by atoms with van der Waals surface area (Å²) in [6, 6.07) is 16.1. The lowest BCUT2D eigenvalue weighted by molar-refractivity contribution is -0.137. The lowest BCUT2D eigenvalue weighted by Gasteiger charge is -2.18. The standard InChI is InChI=1S/C27H23F3N4O4/c1-33(2)24-20(14-18(15-31-24)27(28,29)30)16-10-12-17(13-11-16)22-21(25(35)37-3)23(26(36)38-4)34(32-22)19-8-6-5-7-9-19/h5-15H,1-4H3. The molecule has 196 valence electrons. The minimum atomic E-state index is -4.56. The second-order valence-electron chi connectivity index (χ2n) is 8.37. The number of anilines is 1. The molecule has 0 radical (unpaired) electrons. The normalized spacial score (nSPS) is 11.2. The molecule has 0 aliphatic carbocycles. The van der Waals surface area contributed by atoms with Gasteiger partial charge in [-0.25, -0.2) is 19.3 Å². The fourth-order valence-electron chi connectivity index (χ4n) is 3.95. The molecule has 0 aliphatic heterocycles. The third-order valence-corrected chi connectivity index (χ3v) is 5.74. The van der Waals surface area contributed by atoms with Gasteiger partial charge in [-0.3, -0.25) is 0 Å². The van der Waals surface area contributed by atoms with Crippen LogP contribution in [0.2, 0.25) is 0 Å². The summed E-state index contributed by atoms with van der Waals surface area (Å²) in [5.74, 6) is -1.25. The Labute approximate surface area is 216 Å². The second-order valence-corrected chi connectivity index (χ2v) is 8.37. The van der Waals surface area contributed by atoms with E-state index < -0.39 is 23.7 Å². The van der Waals surface area contributed by atoms with Crippen LogP contribution in [-0.2, 0) is 15.7 Å². The van der Waals surface area contributed by atoms with Crippen LogP contribution in [0.1, 0.15) is 26.4 Å². The largest absolute Gasteiger partial charge is 0.465 e. The molecule has 0 atom stereocenters. The highest BCUT2D eigenvalue weighted by atomic mass is 19.4. The van der Waals surface area contributed by atoms with Gasteiger partial charge in [-0.15, -0.1) is 0 Å². The van der Waals surface area contributed by atoms with Gasteiger partial charge in [0.1, 0.15) is 17.1 Å². The fourth-order valence-corrected chi connectivity index (χ4v) is 3.95. The summed E-state index contributed by atoms with van der Waals surface area (Å²) in [5.41, 5.74) is 0.710. The molecule has 38 heavy (non-hydrogen) atoms. The molecule has 2 aromatic carbocycles. The van der Waals surface area contributed by atoms with Crippen molar-refractivity contribution >= 4 is 17.8 Å². The van der Waals surface area contributed by atoms with Gasteiger partial charge in [0.25, 0.3) is 0 Å². The van der Waals surface area contributed by atoms with Crippen molar-refractivity contribution in [2.45, 2.75) is 6.18 Å². The molecule has 0 saturated heterocycles. The summed E-state index contributed by atoms with van der Waals surface area (Å²) in [7, 11) is 5.73. The van der Waals surface area contributed by atoms with Gasteiger partial charge in [-0.05, 0) is 23.8 Å². The van der Waals surface area contributed by atoms with E-state index in [0.717, 1.165) is 12.3 Å². The summed E-state index contributed by atoms with van der Waals surface area (Å²) in [6.45, 7) is 0. The van der Waals surface area contributed by atoms with Crippen molar-refractivity contribution in [3.05, 3.63) is 83.7 Å². The van der Waals surface area contributed by atoms with Crippen molar-refractivity contribution in [2.75, 3.05) is 33.2 Å². The number of rotatable bonds is 6. The van der Waals surface area contributed by atoms with Crippen molar-refractivity contribution in [1.29, 1.82) is 0 Å². The van der Waals surface area contributed by atoms with E-state index in [0.29, 0.717) is 22.6 Å². The first-order chi connectivity index (χ1) is 18.1. The average molecular weight is 524 g/mol. The molecule has 4 aromatic rings. The zero-order valence-corrected chi connectivity index (χ0v) is 20.9. The van der Waals surface area contributed by atoms with Crippen molar-refractivity contribution in [1.82, 2.24) is 14.8 Å². The molecular formula is C27H23F3N4O4. The number of aromatic nitrogens is 3. The number of carbonyl (C=O) groups is 2. The van der Waals surface area contributed by atoms with Crippen LogP contribution in [0.3, 0.4) is 0 Å². The minimum Gasteiger partial charge on any atom is -0.465 e. The highest BCUT2D eigenvalue weighted by Gasteiger charge is 2.33. The Bertz CT molecular complexity index is 1480. The molecule has 0 fully saturated rings. The second kappa shape index (κ2) is 10.4. The van der Waals surface area contributed by atoms with E-state index in [1.54, 1.807) is 73.6 Å². The predicted octanol–water partition coefficient (Wildman–Crippen LogP) is 5.26. The quantitative estimate of drug-likeness (QED) is 0.318. The first kappa shape index (κ1) is 26.4. The smallest absolute Gasteiger partial charge is 0.417 e. The number of alkyl halides is 3. The number of halogens is 3. The number of hydrogen-bond acceptors (Lipinski definition) is 7. The van der Waals surface area contributed by atoms with Crippen LogP contribution >= 0.6 is 0 Å². The maximum absolute atomic E-state index is 13.4. The van der Waals surface area contributed by atoms with Crippen molar-refractivity contribution in [3.8, 4) is 28.1 Å². The number of hydrogen-bond donors (Lipinski definition) is 0. The van der Waals surface area contributed by atoms with Crippen molar-refractivity contribution < 1.29 is 32.2 Å².